The van der Waals surface area contributed by atoms with Crippen molar-refractivity contribution in [3.05, 3.63) is 29.8 Å². The molecule has 1 rings (SSSR count). The standard InChI is InChI=1S/C12H16N2O/c1-12(2,9-15)14-11-5-3-10(4-6-11)7-8-13/h3-6,14-15H,7,9H2,1-2H3. The molecule has 1 aromatic carbocycles. The molecule has 0 saturated carbocycles. The molecule has 1 aromatic rings. The van der Waals surface area contributed by atoms with Gasteiger partial charge in [0.25, 0.3) is 0 Å². The second-order valence-electron chi connectivity index (χ2n) is 4.20. The summed E-state index contributed by atoms with van der Waals surface area (Å²) in [4.78, 5) is 0. The van der Waals surface area contributed by atoms with Crippen LogP contribution in [0.1, 0.15) is 19.4 Å². The fraction of sp³-hybridized carbons (Fsp3) is 0.417. The van der Waals surface area contributed by atoms with Gasteiger partial charge in [-0.25, -0.2) is 0 Å². The first kappa shape index (κ1) is 11.5. The third kappa shape index (κ3) is 3.61. The highest BCUT2D eigenvalue weighted by Crippen LogP contribution is 2.15. The number of benzene rings is 1. The van der Waals surface area contributed by atoms with Gasteiger partial charge in [0.15, 0.2) is 0 Å². The molecule has 3 heteroatoms. The second-order valence-corrected chi connectivity index (χ2v) is 4.20. The van der Waals surface area contributed by atoms with E-state index >= 15 is 0 Å². The normalized spacial score (nSPS) is 10.8. The summed E-state index contributed by atoms with van der Waals surface area (Å²) in [7, 11) is 0. The van der Waals surface area contributed by atoms with Crippen LogP contribution in [-0.2, 0) is 6.42 Å². The monoisotopic (exact) mass is 204 g/mol. The van der Waals surface area contributed by atoms with E-state index in [1.165, 1.54) is 0 Å². The van der Waals surface area contributed by atoms with E-state index in [0.29, 0.717) is 6.42 Å². The molecule has 0 aromatic heterocycles. The summed E-state index contributed by atoms with van der Waals surface area (Å²) in [6.07, 6.45) is 0.434. The predicted octanol–water partition coefficient (Wildman–Crippen LogP) is 1.94. The lowest BCUT2D eigenvalue weighted by Gasteiger charge is -2.24. The largest absolute Gasteiger partial charge is 0.394 e. The molecule has 0 unspecified atom stereocenters. The Balaban J connectivity index is 2.69. The molecule has 80 valence electrons. The number of anilines is 1. The van der Waals surface area contributed by atoms with Crippen molar-refractivity contribution in [2.75, 3.05) is 11.9 Å². The quantitative estimate of drug-likeness (QED) is 0.788. The Labute approximate surface area is 90.4 Å². The smallest absolute Gasteiger partial charge is 0.0669 e. The van der Waals surface area contributed by atoms with Gasteiger partial charge in [-0.3, -0.25) is 0 Å². The van der Waals surface area contributed by atoms with Gasteiger partial charge < -0.3 is 10.4 Å². The van der Waals surface area contributed by atoms with Crippen molar-refractivity contribution in [1.82, 2.24) is 0 Å². The minimum atomic E-state index is -0.323. The van der Waals surface area contributed by atoms with Gasteiger partial charge in [-0.2, -0.15) is 5.26 Å². The molecule has 3 nitrogen and oxygen atoms in total. The average Bonchev–Trinajstić information content (AvgIpc) is 2.21. The molecule has 0 fully saturated rings. The summed E-state index contributed by atoms with van der Waals surface area (Å²) in [5.74, 6) is 0. The van der Waals surface area contributed by atoms with Crippen LogP contribution in [0.2, 0.25) is 0 Å². The highest BCUT2D eigenvalue weighted by Gasteiger charge is 2.14. The lowest BCUT2D eigenvalue weighted by molar-refractivity contribution is 0.234. The summed E-state index contributed by atoms with van der Waals surface area (Å²) in [5, 5.41) is 20.8. The highest BCUT2D eigenvalue weighted by atomic mass is 16.3. The molecule has 0 heterocycles. The molecular weight excluding hydrogens is 188 g/mol. The maximum absolute atomic E-state index is 9.09. The van der Waals surface area contributed by atoms with Crippen LogP contribution >= 0.6 is 0 Å². The third-order valence-corrected chi connectivity index (χ3v) is 2.12. The molecule has 0 saturated heterocycles. The fourth-order valence-corrected chi connectivity index (χ4v) is 1.23. The number of nitrogens with one attached hydrogen (secondary N) is 1. The van der Waals surface area contributed by atoms with Crippen LogP contribution < -0.4 is 5.32 Å². The van der Waals surface area contributed by atoms with Crippen molar-refractivity contribution < 1.29 is 5.11 Å². The molecule has 15 heavy (non-hydrogen) atoms. The molecule has 0 spiro atoms. The first-order valence-corrected chi connectivity index (χ1v) is 4.92. The third-order valence-electron chi connectivity index (χ3n) is 2.12. The van der Waals surface area contributed by atoms with Gasteiger partial charge in [-0.05, 0) is 31.5 Å². The Bertz CT molecular complexity index is 349. The molecule has 0 aliphatic heterocycles. The molecule has 0 amide bonds. The SMILES string of the molecule is CC(C)(CO)Nc1ccc(CC#N)cc1. The zero-order valence-electron chi connectivity index (χ0n) is 9.12. The number of rotatable bonds is 4. The van der Waals surface area contributed by atoms with Crippen molar-refractivity contribution in [3.8, 4) is 6.07 Å². The Morgan fingerprint density at radius 3 is 2.40 bits per heavy atom. The first-order chi connectivity index (χ1) is 7.07. The van der Waals surface area contributed by atoms with Crippen molar-refractivity contribution in [2.45, 2.75) is 25.8 Å². The van der Waals surface area contributed by atoms with Crippen LogP contribution in [0, 0.1) is 11.3 Å². The Kier molecular flexibility index (Phi) is 3.70. The van der Waals surface area contributed by atoms with Crippen LogP contribution in [-0.4, -0.2) is 17.3 Å². The molecule has 0 bridgehead atoms. The predicted molar refractivity (Wildman–Crippen MR) is 60.5 cm³/mol. The van der Waals surface area contributed by atoms with Gasteiger partial charge in [0.05, 0.1) is 24.6 Å². The highest BCUT2D eigenvalue weighted by molar-refractivity contribution is 5.46. The maximum Gasteiger partial charge on any atom is 0.0669 e. The molecule has 0 aliphatic carbocycles. The van der Waals surface area contributed by atoms with E-state index < -0.39 is 0 Å². The summed E-state index contributed by atoms with van der Waals surface area (Å²) >= 11 is 0. The van der Waals surface area contributed by atoms with Gasteiger partial charge >= 0.3 is 0 Å². The van der Waals surface area contributed by atoms with Crippen molar-refractivity contribution in [1.29, 1.82) is 5.26 Å². The van der Waals surface area contributed by atoms with Gasteiger partial charge in [-0.1, -0.05) is 12.1 Å². The molecular formula is C12H16N2O. The van der Waals surface area contributed by atoms with Gasteiger partial charge in [0.1, 0.15) is 0 Å². The molecule has 0 atom stereocenters. The van der Waals surface area contributed by atoms with Crippen molar-refractivity contribution >= 4 is 5.69 Å². The van der Waals surface area contributed by atoms with Gasteiger partial charge in [0.2, 0.25) is 0 Å². The summed E-state index contributed by atoms with van der Waals surface area (Å²) in [5.41, 5.74) is 1.64. The Morgan fingerprint density at radius 2 is 1.93 bits per heavy atom. The number of nitrogens with zero attached hydrogens (tertiary/aromatic N) is 1. The number of aliphatic hydroxyl groups is 1. The van der Waals surface area contributed by atoms with Crippen LogP contribution in [0.15, 0.2) is 24.3 Å². The molecule has 0 aliphatic rings. The van der Waals surface area contributed by atoms with E-state index in [0.717, 1.165) is 11.3 Å². The molecule has 2 N–H and O–H groups in total. The van der Waals surface area contributed by atoms with Gasteiger partial charge in [0, 0.05) is 5.69 Å². The topological polar surface area (TPSA) is 56.0 Å². The van der Waals surface area contributed by atoms with E-state index in [1.807, 2.05) is 38.1 Å². The van der Waals surface area contributed by atoms with E-state index in [1.54, 1.807) is 0 Å². The number of nitriles is 1. The maximum atomic E-state index is 9.09. The second kappa shape index (κ2) is 4.81. The minimum absolute atomic E-state index is 0.0763. The Morgan fingerprint density at radius 1 is 1.33 bits per heavy atom. The lowest BCUT2D eigenvalue weighted by atomic mass is 10.1. The fourth-order valence-electron chi connectivity index (χ4n) is 1.23. The first-order valence-electron chi connectivity index (χ1n) is 4.92. The van der Waals surface area contributed by atoms with Crippen molar-refractivity contribution in [3.63, 3.8) is 0 Å². The zero-order valence-corrected chi connectivity index (χ0v) is 9.12. The van der Waals surface area contributed by atoms with Gasteiger partial charge in [-0.15, -0.1) is 0 Å². The van der Waals surface area contributed by atoms with E-state index in [2.05, 4.69) is 11.4 Å². The zero-order chi connectivity index (χ0) is 11.3. The van der Waals surface area contributed by atoms with Crippen LogP contribution in [0.3, 0.4) is 0 Å². The van der Waals surface area contributed by atoms with E-state index in [-0.39, 0.29) is 12.1 Å². The lowest BCUT2D eigenvalue weighted by Crippen LogP contribution is -2.34. The minimum Gasteiger partial charge on any atom is -0.394 e. The van der Waals surface area contributed by atoms with E-state index in [4.69, 9.17) is 10.4 Å². The average molecular weight is 204 g/mol. The summed E-state index contributed by atoms with van der Waals surface area (Å²) in [6.45, 7) is 3.93. The van der Waals surface area contributed by atoms with Crippen LogP contribution in [0.25, 0.3) is 0 Å². The number of aliphatic hydroxyl groups excluding tert-OH is 1. The van der Waals surface area contributed by atoms with Crippen molar-refractivity contribution in [2.24, 2.45) is 0 Å². The van der Waals surface area contributed by atoms with Crippen LogP contribution in [0.4, 0.5) is 5.69 Å². The molecule has 0 radical (unpaired) electrons. The van der Waals surface area contributed by atoms with E-state index in [9.17, 15) is 0 Å². The Hall–Kier alpha value is -1.53. The number of hydrogen-bond acceptors (Lipinski definition) is 3. The van der Waals surface area contributed by atoms with Crippen LogP contribution in [0.5, 0.6) is 0 Å². The summed E-state index contributed by atoms with van der Waals surface area (Å²) < 4.78 is 0. The number of hydrogen-bond donors (Lipinski definition) is 2. The summed E-state index contributed by atoms with van der Waals surface area (Å²) in [6, 6.07) is 9.78.